The van der Waals surface area contributed by atoms with Crippen LogP contribution in [0.5, 0.6) is 0 Å². The summed E-state index contributed by atoms with van der Waals surface area (Å²) in [7, 11) is 0. The lowest BCUT2D eigenvalue weighted by molar-refractivity contribution is -0.127. The first-order chi connectivity index (χ1) is 10.4. The van der Waals surface area contributed by atoms with E-state index in [1.54, 1.807) is 11.8 Å². The summed E-state index contributed by atoms with van der Waals surface area (Å²) >= 11 is 0. The minimum absolute atomic E-state index is 0.0536. The molecule has 0 bridgehead atoms. The maximum atomic E-state index is 12.6. The maximum Gasteiger partial charge on any atom is 0.317 e. The van der Waals surface area contributed by atoms with Crippen LogP contribution in [-0.2, 0) is 4.74 Å². The molecular weight excluding hydrogens is 280 g/mol. The van der Waals surface area contributed by atoms with Gasteiger partial charge < -0.3 is 20.1 Å². The maximum absolute atomic E-state index is 12.6. The number of hydrogen-bond donors (Lipinski definition) is 2. The molecule has 128 valence electrons. The van der Waals surface area contributed by atoms with Gasteiger partial charge in [0.2, 0.25) is 0 Å². The molecule has 2 rings (SSSR count). The van der Waals surface area contributed by atoms with Crippen LogP contribution in [0.4, 0.5) is 4.79 Å². The highest BCUT2D eigenvalue weighted by Gasteiger charge is 2.57. The van der Waals surface area contributed by atoms with Crippen molar-refractivity contribution in [1.29, 1.82) is 0 Å². The first kappa shape index (κ1) is 17.5. The standard InChI is InChI=1S/C17H32N2O3/c1-5-22-15-10-14(17(15)8-6-7-9-17)18-16(21)19(12(2)3)11-13(4)20/h12-15,20H,5-11H2,1-4H3,(H,18,21). The molecule has 2 saturated carbocycles. The normalized spacial score (nSPS) is 27.7. The predicted molar refractivity (Wildman–Crippen MR) is 86.8 cm³/mol. The molecule has 0 saturated heterocycles. The lowest BCUT2D eigenvalue weighted by atomic mass is 9.60. The van der Waals surface area contributed by atoms with Crippen LogP contribution in [0.25, 0.3) is 0 Å². The number of carbonyl (C=O) groups is 1. The van der Waals surface area contributed by atoms with Crippen molar-refractivity contribution < 1.29 is 14.6 Å². The Labute approximate surface area is 134 Å². The van der Waals surface area contributed by atoms with Gasteiger partial charge in [0.15, 0.2) is 0 Å². The van der Waals surface area contributed by atoms with Crippen molar-refractivity contribution in [2.24, 2.45) is 5.41 Å². The number of urea groups is 1. The molecule has 2 fully saturated rings. The second-order valence-electron chi connectivity index (χ2n) is 7.22. The van der Waals surface area contributed by atoms with Gasteiger partial charge in [0.25, 0.3) is 0 Å². The zero-order chi connectivity index (χ0) is 16.3. The minimum atomic E-state index is -0.508. The summed E-state index contributed by atoms with van der Waals surface area (Å²) in [5.41, 5.74) is 0.152. The van der Waals surface area contributed by atoms with E-state index in [4.69, 9.17) is 4.74 Å². The molecule has 0 aromatic heterocycles. The molecule has 1 spiro atoms. The third-order valence-corrected chi connectivity index (χ3v) is 5.33. The van der Waals surface area contributed by atoms with E-state index in [0.717, 1.165) is 25.9 Å². The van der Waals surface area contributed by atoms with E-state index in [2.05, 4.69) is 5.32 Å². The van der Waals surface area contributed by atoms with Crippen molar-refractivity contribution in [1.82, 2.24) is 10.2 Å². The number of amides is 2. The lowest BCUT2D eigenvalue weighted by Gasteiger charge is -2.54. The van der Waals surface area contributed by atoms with E-state index in [1.807, 2.05) is 20.8 Å². The van der Waals surface area contributed by atoms with E-state index < -0.39 is 6.10 Å². The molecule has 2 N–H and O–H groups in total. The van der Waals surface area contributed by atoms with Crippen LogP contribution in [0, 0.1) is 5.41 Å². The minimum Gasteiger partial charge on any atom is -0.392 e. The number of aliphatic hydroxyl groups is 1. The van der Waals surface area contributed by atoms with Crippen LogP contribution in [0.2, 0.25) is 0 Å². The van der Waals surface area contributed by atoms with Crippen LogP contribution in [0.15, 0.2) is 0 Å². The van der Waals surface area contributed by atoms with Gasteiger partial charge in [-0.15, -0.1) is 0 Å². The van der Waals surface area contributed by atoms with Crippen molar-refractivity contribution in [2.45, 2.75) is 84.1 Å². The monoisotopic (exact) mass is 312 g/mol. The average Bonchev–Trinajstić information content (AvgIpc) is 2.95. The fourth-order valence-corrected chi connectivity index (χ4v) is 4.13. The largest absolute Gasteiger partial charge is 0.392 e. The molecule has 2 aliphatic rings. The quantitative estimate of drug-likeness (QED) is 0.792. The highest BCUT2D eigenvalue weighted by atomic mass is 16.5. The van der Waals surface area contributed by atoms with Crippen LogP contribution in [0.1, 0.15) is 59.8 Å². The summed E-state index contributed by atoms with van der Waals surface area (Å²) in [4.78, 5) is 14.3. The van der Waals surface area contributed by atoms with Gasteiger partial charge in [-0.05, 0) is 47.0 Å². The van der Waals surface area contributed by atoms with Gasteiger partial charge >= 0.3 is 6.03 Å². The van der Waals surface area contributed by atoms with Crippen molar-refractivity contribution >= 4 is 6.03 Å². The summed E-state index contributed by atoms with van der Waals surface area (Å²) in [6.07, 6.45) is 5.48. The summed E-state index contributed by atoms with van der Waals surface area (Å²) in [6, 6.07) is 0.244. The second kappa shape index (κ2) is 7.18. The van der Waals surface area contributed by atoms with E-state index in [0.29, 0.717) is 12.6 Å². The number of nitrogens with one attached hydrogen (secondary N) is 1. The summed E-state index contributed by atoms with van der Waals surface area (Å²) in [6.45, 7) is 8.84. The Morgan fingerprint density at radius 2 is 2.00 bits per heavy atom. The van der Waals surface area contributed by atoms with Gasteiger partial charge in [0, 0.05) is 30.7 Å². The van der Waals surface area contributed by atoms with Crippen molar-refractivity contribution in [3.8, 4) is 0 Å². The molecule has 0 radical (unpaired) electrons. The third kappa shape index (κ3) is 3.40. The van der Waals surface area contributed by atoms with Crippen molar-refractivity contribution in [3.05, 3.63) is 0 Å². The molecule has 0 aliphatic heterocycles. The van der Waals surface area contributed by atoms with Crippen LogP contribution >= 0.6 is 0 Å². The zero-order valence-corrected chi connectivity index (χ0v) is 14.5. The van der Waals surface area contributed by atoms with Crippen LogP contribution in [0.3, 0.4) is 0 Å². The molecule has 5 heteroatoms. The molecule has 3 unspecified atom stereocenters. The second-order valence-corrected chi connectivity index (χ2v) is 7.22. The van der Waals surface area contributed by atoms with E-state index in [1.165, 1.54) is 12.8 Å². The van der Waals surface area contributed by atoms with Gasteiger partial charge in [-0.3, -0.25) is 0 Å². The first-order valence-electron chi connectivity index (χ1n) is 8.77. The average molecular weight is 312 g/mol. The van der Waals surface area contributed by atoms with Crippen molar-refractivity contribution in [3.63, 3.8) is 0 Å². The molecule has 0 aromatic rings. The SMILES string of the molecule is CCOC1CC(NC(=O)N(CC(C)O)C(C)C)C12CCCC2. The number of carbonyl (C=O) groups excluding carboxylic acids is 1. The van der Waals surface area contributed by atoms with Gasteiger partial charge in [-0.25, -0.2) is 4.79 Å². The Morgan fingerprint density at radius 3 is 2.50 bits per heavy atom. The Bertz CT molecular complexity index is 378. The van der Waals surface area contributed by atoms with Gasteiger partial charge in [0.1, 0.15) is 0 Å². The first-order valence-corrected chi connectivity index (χ1v) is 8.77. The van der Waals surface area contributed by atoms with E-state index in [9.17, 15) is 9.90 Å². The molecule has 22 heavy (non-hydrogen) atoms. The summed E-state index contributed by atoms with van der Waals surface area (Å²) in [5, 5.41) is 12.8. The molecule has 2 aliphatic carbocycles. The number of rotatable bonds is 6. The van der Waals surface area contributed by atoms with Crippen molar-refractivity contribution in [2.75, 3.05) is 13.2 Å². The lowest BCUT2D eigenvalue weighted by Crippen LogP contribution is -2.65. The number of ether oxygens (including phenoxy) is 1. The molecular formula is C17H32N2O3. The number of aliphatic hydroxyl groups excluding tert-OH is 1. The Kier molecular flexibility index (Phi) is 5.72. The van der Waals surface area contributed by atoms with Crippen LogP contribution in [-0.4, -0.2) is 53.5 Å². The third-order valence-electron chi connectivity index (χ3n) is 5.33. The zero-order valence-electron chi connectivity index (χ0n) is 14.5. The molecule has 0 heterocycles. The smallest absolute Gasteiger partial charge is 0.317 e. The Balaban J connectivity index is 1.98. The van der Waals surface area contributed by atoms with E-state index in [-0.39, 0.29) is 23.5 Å². The van der Waals surface area contributed by atoms with Gasteiger partial charge in [-0.1, -0.05) is 12.8 Å². The molecule has 3 atom stereocenters. The van der Waals surface area contributed by atoms with Crippen LogP contribution < -0.4 is 5.32 Å². The highest BCUT2D eigenvalue weighted by Crippen LogP contribution is 2.54. The number of hydrogen-bond acceptors (Lipinski definition) is 3. The fraction of sp³-hybridized carbons (Fsp3) is 0.941. The number of nitrogens with zero attached hydrogens (tertiary/aromatic N) is 1. The fourth-order valence-electron chi connectivity index (χ4n) is 4.13. The van der Waals surface area contributed by atoms with Gasteiger partial charge in [0.05, 0.1) is 12.2 Å². The predicted octanol–water partition coefficient (Wildman–Crippen LogP) is 2.53. The molecule has 0 aromatic carbocycles. The Morgan fingerprint density at radius 1 is 1.36 bits per heavy atom. The molecule has 5 nitrogen and oxygen atoms in total. The molecule has 2 amide bonds. The summed E-state index contributed by atoms with van der Waals surface area (Å²) < 4.78 is 5.89. The Hall–Kier alpha value is -0.810. The topological polar surface area (TPSA) is 61.8 Å². The summed E-state index contributed by atoms with van der Waals surface area (Å²) in [5.74, 6) is 0. The van der Waals surface area contributed by atoms with E-state index >= 15 is 0 Å². The van der Waals surface area contributed by atoms with Gasteiger partial charge in [-0.2, -0.15) is 0 Å². The highest BCUT2D eigenvalue weighted by molar-refractivity contribution is 5.75.